The van der Waals surface area contributed by atoms with Gasteiger partial charge in [-0.1, -0.05) is 37.3 Å². The first kappa shape index (κ1) is 13.0. The minimum Gasteiger partial charge on any atom is -0.326 e. The summed E-state index contributed by atoms with van der Waals surface area (Å²) in [6, 6.07) is 13.5. The lowest BCUT2D eigenvalue weighted by Gasteiger charge is -2.07. The summed E-state index contributed by atoms with van der Waals surface area (Å²) >= 11 is 0. The number of amides is 1. The summed E-state index contributed by atoms with van der Waals surface area (Å²) in [4.78, 5) is 15.7. The first-order valence-corrected chi connectivity index (χ1v) is 6.27. The second-order valence-electron chi connectivity index (χ2n) is 4.08. The normalized spacial score (nSPS) is 10.6. The van der Waals surface area contributed by atoms with Gasteiger partial charge in [0.2, 0.25) is 5.91 Å². The van der Waals surface area contributed by atoms with Crippen molar-refractivity contribution in [3.63, 3.8) is 0 Å². The Morgan fingerprint density at radius 3 is 2.68 bits per heavy atom. The predicted molar refractivity (Wildman–Crippen MR) is 78.5 cm³/mol. The Morgan fingerprint density at radius 2 is 1.95 bits per heavy atom. The van der Waals surface area contributed by atoms with Crippen molar-refractivity contribution < 1.29 is 4.79 Å². The molecule has 0 unspecified atom stereocenters. The fourth-order valence-electron chi connectivity index (χ4n) is 1.64. The molecule has 2 aromatic rings. The summed E-state index contributed by atoms with van der Waals surface area (Å²) < 4.78 is 0. The van der Waals surface area contributed by atoms with E-state index in [0.29, 0.717) is 6.42 Å². The quantitative estimate of drug-likeness (QED) is 0.903. The number of carbonyl (C=O) groups is 1. The second-order valence-corrected chi connectivity index (χ2v) is 4.08. The van der Waals surface area contributed by atoms with Gasteiger partial charge in [-0.3, -0.25) is 9.78 Å². The second kappa shape index (κ2) is 6.50. The molecule has 0 aliphatic carbocycles. The summed E-state index contributed by atoms with van der Waals surface area (Å²) in [6.07, 6.45) is 6.10. The first-order chi connectivity index (χ1) is 9.29. The van der Waals surface area contributed by atoms with Crippen molar-refractivity contribution >= 4 is 23.7 Å². The molecule has 0 saturated heterocycles. The van der Waals surface area contributed by atoms with E-state index in [0.717, 1.165) is 16.9 Å². The molecule has 0 bridgehead atoms. The van der Waals surface area contributed by atoms with Gasteiger partial charge in [-0.05, 0) is 29.8 Å². The number of pyridine rings is 1. The van der Waals surface area contributed by atoms with E-state index in [1.165, 1.54) is 0 Å². The number of hydrogen-bond donors (Lipinski definition) is 1. The summed E-state index contributed by atoms with van der Waals surface area (Å²) in [5.41, 5.74) is 2.68. The molecule has 1 aromatic carbocycles. The third-order valence-corrected chi connectivity index (χ3v) is 2.68. The van der Waals surface area contributed by atoms with Crippen LogP contribution in [0.15, 0.2) is 48.7 Å². The molecule has 0 aliphatic heterocycles. The van der Waals surface area contributed by atoms with Gasteiger partial charge in [0.15, 0.2) is 0 Å². The maximum absolute atomic E-state index is 11.5. The zero-order valence-electron chi connectivity index (χ0n) is 10.8. The van der Waals surface area contributed by atoms with Crippen molar-refractivity contribution in [2.45, 2.75) is 13.3 Å². The minimum atomic E-state index is 0.0127. The van der Waals surface area contributed by atoms with Gasteiger partial charge in [0, 0.05) is 18.3 Å². The number of anilines is 1. The highest BCUT2D eigenvalue weighted by Gasteiger charge is 2.02. The highest BCUT2D eigenvalue weighted by molar-refractivity contribution is 5.93. The van der Waals surface area contributed by atoms with E-state index in [1.54, 1.807) is 6.20 Å². The van der Waals surface area contributed by atoms with E-state index in [9.17, 15) is 4.79 Å². The van der Waals surface area contributed by atoms with E-state index in [1.807, 2.05) is 61.5 Å². The van der Waals surface area contributed by atoms with Crippen LogP contribution in [0.5, 0.6) is 0 Å². The smallest absolute Gasteiger partial charge is 0.224 e. The van der Waals surface area contributed by atoms with Gasteiger partial charge in [-0.15, -0.1) is 0 Å². The molecular formula is C16H16N2O. The number of nitrogens with one attached hydrogen (secondary N) is 1. The third kappa shape index (κ3) is 3.78. The number of carbonyl (C=O) groups excluding carboxylic acids is 1. The molecule has 2 rings (SSSR count). The van der Waals surface area contributed by atoms with Crippen molar-refractivity contribution in [1.82, 2.24) is 4.98 Å². The minimum absolute atomic E-state index is 0.0127. The molecule has 1 amide bonds. The number of benzene rings is 1. The Bertz CT molecular complexity index is 576. The highest BCUT2D eigenvalue weighted by Crippen LogP contribution is 2.18. The predicted octanol–water partition coefficient (Wildman–Crippen LogP) is 3.60. The number of rotatable bonds is 4. The summed E-state index contributed by atoms with van der Waals surface area (Å²) in [6.45, 7) is 1.83. The zero-order valence-corrected chi connectivity index (χ0v) is 10.8. The van der Waals surface area contributed by atoms with Crippen LogP contribution in [-0.2, 0) is 4.79 Å². The maximum Gasteiger partial charge on any atom is 0.224 e. The fraction of sp³-hybridized carbons (Fsp3) is 0.125. The molecule has 0 spiro atoms. The van der Waals surface area contributed by atoms with Crippen LogP contribution in [0.3, 0.4) is 0 Å². The molecule has 0 radical (unpaired) electrons. The molecule has 1 N–H and O–H groups in total. The molecule has 3 heteroatoms. The molecule has 1 aromatic heterocycles. The van der Waals surface area contributed by atoms with E-state index in [2.05, 4.69) is 10.3 Å². The van der Waals surface area contributed by atoms with Crippen LogP contribution >= 0.6 is 0 Å². The van der Waals surface area contributed by atoms with Crippen LogP contribution in [0.2, 0.25) is 0 Å². The standard InChI is InChI=1S/C16H16N2O/c1-2-16(19)18-15-9-4-3-7-13(15)10-11-14-8-5-6-12-17-14/h3-12H,2H2,1H3,(H,18,19)/b11-10-. The zero-order chi connectivity index (χ0) is 13.5. The number of nitrogens with zero attached hydrogens (tertiary/aromatic N) is 1. The maximum atomic E-state index is 11.5. The van der Waals surface area contributed by atoms with Crippen molar-refractivity contribution in [1.29, 1.82) is 0 Å². The van der Waals surface area contributed by atoms with Crippen molar-refractivity contribution in [3.05, 3.63) is 59.9 Å². The van der Waals surface area contributed by atoms with Crippen LogP contribution in [0.25, 0.3) is 12.2 Å². The lowest BCUT2D eigenvalue weighted by molar-refractivity contribution is -0.115. The summed E-state index contributed by atoms with van der Waals surface area (Å²) in [5, 5.41) is 2.89. The summed E-state index contributed by atoms with van der Waals surface area (Å²) in [7, 11) is 0. The number of para-hydroxylation sites is 1. The van der Waals surface area contributed by atoms with Crippen molar-refractivity contribution in [2.24, 2.45) is 0 Å². The van der Waals surface area contributed by atoms with Crippen LogP contribution in [-0.4, -0.2) is 10.9 Å². The van der Waals surface area contributed by atoms with Gasteiger partial charge >= 0.3 is 0 Å². The van der Waals surface area contributed by atoms with Gasteiger partial charge in [0.05, 0.1) is 5.69 Å². The molecule has 0 atom stereocenters. The van der Waals surface area contributed by atoms with E-state index >= 15 is 0 Å². The van der Waals surface area contributed by atoms with Crippen LogP contribution in [0, 0.1) is 0 Å². The average molecular weight is 252 g/mol. The van der Waals surface area contributed by atoms with Gasteiger partial charge in [0.1, 0.15) is 0 Å². The van der Waals surface area contributed by atoms with Gasteiger partial charge in [-0.25, -0.2) is 0 Å². The van der Waals surface area contributed by atoms with Crippen molar-refractivity contribution in [3.8, 4) is 0 Å². The monoisotopic (exact) mass is 252 g/mol. The first-order valence-electron chi connectivity index (χ1n) is 6.27. The Morgan fingerprint density at radius 1 is 1.16 bits per heavy atom. The third-order valence-electron chi connectivity index (χ3n) is 2.68. The molecule has 3 nitrogen and oxygen atoms in total. The Kier molecular flexibility index (Phi) is 4.45. The lowest BCUT2D eigenvalue weighted by atomic mass is 10.1. The van der Waals surface area contributed by atoms with Crippen LogP contribution in [0.4, 0.5) is 5.69 Å². The molecule has 0 aliphatic rings. The van der Waals surface area contributed by atoms with E-state index in [-0.39, 0.29) is 5.91 Å². The number of hydrogen-bond acceptors (Lipinski definition) is 2. The lowest BCUT2D eigenvalue weighted by Crippen LogP contribution is -2.10. The van der Waals surface area contributed by atoms with E-state index < -0.39 is 0 Å². The molecular weight excluding hydrogens is 236 g/mol. The number of aromatic nitrogens is 1. The highest BCUT2D eigenvalue weighted by atomic mass is 16.1. The fourth-order valence-corrected chi connectivity index (χ4v) is 1.64. The SMILES string of the molecule is CCC(=O)Nc1ccccc1/C=C\c1ccccn1. The molecule has 1 heterocycles. The van der Waals surface area contributed by atoms with Crippen molar-refractivity contribution in [2.75, 3.05) is 5.32 Å². The van der Waals surface area contributed by atoms with Gasteiger partial charge in [-0.2, -0.15) is 0 Å². The van der Waals surface area contributed by atoms with E-state index in [4.69, 9.17) is 0 Å². The Hall–Kier alpha value is -2.42. The van der Waals surface area contributed by atoms with Gasteiger partial charge in [0.25, 0.3) is 0 Å². The molecule has 0 saturated carbocycles. The molecule has 96 valence electrons. The molecule has 0 fully saturated rings. The van der Waals surface area contributed by atoms with Crippen LogP contribution < -0.4 is 5.32 Å². The van der Waals surface area contributed by atoms with Crippen LogP contribution in [0.1, 0.15) is 24.6 Å². The largest absolute Gasteiger partial charge is 0.326 e. The average Bonchev–Trinajstić information content (AvgIpc) is 2.47. The Balaban J connectivity index is 2.20. The summed E-state index contributed by atoms with van der Waals surface area (Å²) in [5.74, 6) is 0.0127. The van der Waals surface area contributed by atoms with Gasteiger partial charge < -0.3 is 5.32 Å². The Labute approximate surface area is 113 Å². The topological polar surface area (TPSA) is 42.0 Å². The molecule has 19 heavy (non-hydrogen) atoms.